The molecule has 0 bridgehead atoms. The van der Waals surface area contributed by atoms with Crippen LogP contribution < -0.4 is 0 Å². The molecule has 13 atom stereocenters. The van der Waals surface area contributed by atoms with Gasteiger partial charge in [0.1, 0.15) is 23.9 Å². The average Bonchev–Trinajstić information content (AvgIpc) is 3.78. The van der Waals surface area contributed by atoms with E-state index in [1.54, 1.807) is 51.3 Å². The van der Waals surface area contributed by atoms with Crippen molar-refractivity contribution in [2.75, 3.05) is 27.7 Å². The van der Waals surface area contributed by atoms with Crippen molar-refractivity contribution in [1.82, 2.24) is 24.3 Å². The van der Waals surface area contributed by atoms with E-state index in [0.717, 1.165) is 11.3 Å². The Balaban J connectivity index is 1.43. The topological polar surface area (TPSA) is 172 Å². The second kappa shape index (κ2) is 18.7. The number of pyridine rings is 1. The number of rotatable bonds is 11. The van der Waals surface area contributed by atoms with Gasteiger partial charge in [-0.3, -0.25) is 19.4 Å². The van der Waals surface area contributed by atoms with Crippen LogP contribution in [0.5, 0.6) is 0 Å². The Hall–Kier alpha value is -3.76. The molecule has 2 aromatic rings. The molecule has 0 saturated carbocycles. The number of unbranched alkanes of at least 4 members (excludes halogenated alkanes) is 1. The van der Waals surface area contributed by atoms with Gasteiger partial charge in [-0.1, -0.05) is 27.7 Å². The number of aliphatic hydroxyl groups is 1. The monoisotopic (exact) mass is 811 g/mol. The Morgan fingerprint density at radius 3 is 2.36 bits per heavy atom. The summed E-state index contributed by atoms with van der Waals surface area (Å²) in [5.74, 6) is -4.95. The molecule has 0 aliphatic carbocycles. The van der Waals surface area contributed by atoms with E-state index in [4.69, 9.17) is 23.7 Å². The molecular weight excluding hydrogens is 746 g/mol. The van der Waals surface area contributed by atoms with E-state index in [-0.39, 0.29) is 30.8 Å². The number of imidazole rings is 1. The fourth-order valence-electron chi connectivity index (χ4n) is 9.43. The number of carbonyl (C=O) groups excluding carboxylic acids is 4. The van der Waals surface area contributed by atoms with Gasteiger partial charge >= 0.3 is 12.1 Å². The highest BCUT2D eigenvalue weighted by Crippen LogP contribution is 2.43. The highest BCUT2D eigenvalue weighted by atomic mass is 16.7. The molecule has 1 amide bonds. The van der Waals surface area contributed by atoms with Crippen LogP contribution >= 0.6 is 0 Å². The predicted molar refractivity (Wildman–Crippen MR) is 214 cm³/mol. The van der Waals surface area contributed by atoms with Crippen LogP contribution in [0, 0.1) is 23.7 Å². The molecule has 3 fully saturated rings. The second-order valence-electron chi connectivity index (χ2n) is 17.3. The quantitative estimate of drug-likeness (QED) is 0.184. The molecule has 322 valence electrons. The molecule has 3 saturated heterocycles. The summed E-state index contributed by atoms with van der Waals surface area (Å²) in [6, 6.07) is 2.74. The second-order valence-corrected chi connectivity index (χ2v) is 17.3. The number of amides is 1. The molecule has 2 aromatic heterocycles. The molecule has 1 unspecified atom stereocenters. The number of methoxy groups -OCH3 is 1. The fraction of sp³-hybridized carbons (Fsp3) is 0.721. The maximum atomic E-state index is 14.7. The van der Waals surface area contributed by atoms with Crippen LogP contribution in [0.1, 0.15) is 87.5 Å². The van der Waals surface area contributed by atoms with Crippen LogP contribution in [0.4, 0.5) is 4.79 Å². The smallest absolute Gasteiger partial charge is 0.410 e. The summed E-state index contributed by atoms with van der Waals surface area (Å²) in [5.41, 5.74) is -0.938. The third-order valence-corrected chi connectivity index (χ3v) is 12.8. The number of aromatic nitrogens is 3. The number of Topliss-reactive ketones (excluding diaryl/α,β-unsaturated/α-hetero) is 2. The number of esters is 1. The van der Waals surface area contributed by atoms with Crippen LogP contribution in [0.3, 0.4) is 0 Å². The lowest BCUT2D eigenvalue weighted by Crippen LogP contribution is -2.60. The number of cyclic esters (lactones) is 1. The number of ether oxygens (including phenoxy) is 5. The summed E-state index contributed by atoms with van der Waals surface area (Å²) >= 11 is 0. The minimum Gasteiger partial charge on any atom is -0.458 e. The van der Waals surface area contributed by atoms with Gasteiger partial charge in [0.2, 0.25) is 0 Å². The summed E-state index contributed by atoms with van der Waals surface area (Å²) < 4.78 is 33.2. The van der Waals surface area contributed by atoms with Crippen LogP contribution in [-0.2, 0) is 44.6 Å². The van der Waals surface area contributed by atoms with Gasteiger partial charge in [0.25, 0.3) is 0 Å². The van der Waals surface area contributed by atoms with Gasteiger partial charge < -0.3 is 43.2 Å². The number of hydrogen-bond acceptors (Lipinski definition) is 13. The average molecular weight is 812 g/mol. The van der Waals surface area contributed by atoms with Crippen molar-refractivity contribution in [3.05, 3.63) is 37.1 Å². The third kappa shape index (κ3) is 9.33. The number of likely N-dealkylation sites (N-methyl/N-ethyl adjacent to an activating group) is 1. The van der Waals surface area contributed by atoms with Crippen LogP contribution in [-0.4, -0.2) is 135 Å². The number of carbonyl (C=O) groups is 4. The predicted octanol–water partition coefficient (Wildman–Crippen LogP) is 4.93. The first kappa shape index (κ1) is 45.3. The van der Waals surface area contributed by atoms with Gasteiger partial charge in [0.05, 0.1) is 35.9 Å². The highest BCUT2D eigenvalue weighted by Gasteiger charge is 2.60. The zero-order chi connectivity index (χ0) is 42.7. The number of hydrogen-bond donors (Lipinski definition) is 1. The van der Waals surface area contributed by atoms with E-state index in [1.807, 2.05) is 62.7 Å². The Morgan fingerprint density at radius 2 is 1.72 bits per heavy atom. The van der Waals surface area contributed by atoms with Crippen LogP contribution in [0.25, 0.3) is 11.3 Å². The molecule has 3 aliphatic rings. The maximum Gasteiger partial charge on any atom is 0.410 e. The number of nitrogens with zero attached hydrogens (tertiary/aromatic N) is 5. The molecular formula is C43H65N5O10. The van der Waals surface area contributed by atoms with E-state index in [1.165, 1.54) is 14.0 Å². The molecule has 1 N–H and O–H groups in total. The molecule has 5 heterocycles. The van der Waals surface area contributed by atoms with Gasteiger partial charge in [-0.25, -0.2) is 9.78 Å². The number of fused-ring (bicyclic) bond motifs is 1. The zero-order valence-electron chi connectivity index (χ0n) is 36.1. The molecule has 0 radical (unpaired) electrons. The van der Waals surface area contributed by atoms with Crippen molar-refractivity contribution >= 4 is 23.6 Å². The summed E-state index contributed by atoms with van der Waals surface area (Å²) in [6.07, 6.45) is 4.45. The normalized spacial score (nSPS) is 36.7. The summed E-state index contributed by atoms with van der Waals surface area (Å²) in [6.45, 7) is 14.9. The Kier molecular flexibility index (Phi) is 14.6. The molecule has 58 heavy (non-hydrogen) atoms. The van der Waals surface area contributed by atoms with Crippen LogP contribution in [0.15, 0.2) is 37.1 Å². The van der Waals surface area contributed by atoms with E-state index < -0.39 is 83.4 Å². The Bertz CT molecular complexity index is 1740. The van der Waals surface area contributed by atoms with E-state index >= 15 is 0 Å². The third-order valence-electron chi connectivity index (χ3n) is 12.8. The Morgan fingerprint density at radius 1 is 1.02 bits per heavy atom. The minimum absolute atomic E-state index is 0.130. The van der Waals surface area contributed by atoms with Crippen molar-refractivity contribution in [1.29, 1.82) is 0 Å². The summed E-state index contributed by atoms with van der Waals surface area (Å²) in [5, 5.41) is 11.4. The SMILES string of the molecule is CC[C@H]1OC(=O)[C@H](C)C(=O)[C@H](C)[C@@H](OC2O[C@H](C)C[C@H](N(C)C)[C@H]2O)[C@@](C)(OC)C[C@@H](C)C(=O)[C@H](C)[C@H]2N(CCCCn3cnc(-c4cccnc4)c3)C(=O)O[C@]12C. The largest absolute Gasteiger partial charge is 0.458 e. The highest BCUT2D eigenvalue weighted by molar-refractivity contribution is 6.00. The lowest BCUT2D eigenvalue weighted by molar-refractivity contribution is -0.295. The van der Waals surface area contributed by atoms with Gasteiger partial charge in [-0.2, -0.15) is 0 Å². The lowest BCUT2D eigenvalue weighted by Gasteiger charge is -2.47. The van der Waals surface area contributed by atoms with E-state index in [2.05, 4.69) is 9.97 Å². The fourth-order valence-corrected chi connectivity index (χ4v) is 9.43. The van der Waals surface area contributed by atoms with Gasteiger partial charge in [0, 0.05) is 68.1 Å². The summed E-state index contributed by atoms with van der Waals surface area (Å²) in [7, 11) is 5.24. The van der Waals surface area contributed by atoms with E-state index in [0.29, 0.717) is 32.4 Å². The number of ketones is 2. The zero-order valence-corrected chi connectivity index (χ0v) is 36.1. The minimum atomic E-state index is -1.40. The number of aliphatic hydroxyl groups excluding tert-OH is 1. The van der Waals surface area contributed by atoms with Crippen molar-refractivity contribution in [3.63, 3.8) is 0 Å². The molecule has 15 heteroatoms. The standard InChI is InChI=1S/C43H65N5O10/c1-12-33-43(8)37(48(41(53)58-43)19-14-13-18-47-23-31(45-24-47)30-16-15-17-44-22-30)27(4)34(49)25(2)21-42(7,54-11)38(28(5)35(50)29(6)39(52)56-33)57-40-36(51)32(46(9)10)20-26(3)55-40/h15-17,22-29,32-33,36-38,40,51H,12-14,18-21H2,1-11H3/t25-,26-,27+,28+,29-,32+,33-,36-,37-,38-,40?,42+,43-/m1/s1. The molecule has 5 rings (SSSR count). The van der Waals surface area contributed by atoms with Gasteiger partial charge in [-0.15, -0.1) is 0 Å². The van der Waals surface area contributed by atoms with Gasteiger partial charge in [-0.05, 0) is 86.0 Å². The van der Waals surface area contributed by atoms with Gasteiger partial charge in [0.15, 0.2) is 17.7 Å². The molecule has 0 spiro atoms. The molecule has 15 nitrogen and oxygen atoms in total. The first-order valence-electron chi connectivity index (χ1n) is 20.8. The van der Waals surface area contributed by atoms with Crippen molar-refractivity contribution in [3.8, 4) is 11.3 Å². The summed E-state index contributed by atoms with van der Waals surface area (Å²) in [4.78, 5) is 69.0. The Labute approximate surface area is 343 Å². The maximum absolute atomic E-state index is 14.7. The first-order chi connectivity index (χ1) is 27.4. The molecule has 0 aromatic carbocycles. The van der Waals surface area contributed by atoms with Crippen molar-refractivity contribution in [2.45, 2.75) is 148 Å². The molecule has 3 aliphatic heterocycles. The first-order valence-corrected chi connectivity index (χ1v) is 20.8. The number of aryl methyl sites for hydroxylation is 1. The van der Waals surface area contributed by atoms with Crippen LogP contribution in [0.2, 0.25) is 0 Å². The van der Waals surface area contributed by atoms with Crippen molar-refractivity contribution < 1.29 is 48.0 Å². The lowest BCUT2D eigenvalue weighted by atomic mass is 9.73. The van der Waals surface area contributed by atoms with Crippen molar-refractivity contribution in [2.24, 2.45) is 23.7 Å². The van der Waals surface area contributed by atoms with E-state index in [9.17, 15) is 24.3 Å².